The lowest BCUT2D eigenvalue weighted by Crippen LogP contribution is -2.39. The number of hydrogen-bond donors (Lipinski definition) is 1. The van der Waals surface area contributed by atoms with Crippen molar-refractivity contribution < 1.29 is 18.0 Å². The molecule has 0 unspecified atom stereocenters. The molecule has 0 atom stereocenters. The Balaban J connectivity index is 2.97. The smallest absolute Gasteiger partial charge is 0.257 e. The highest BCUT2D eigenvalue weighted by molar-refractivity contribution is 5.94. The van der Waals surface area contributed by atoms with Crippen LogP contribution in [0.25, 0.3) is 0 Å². The van der Waals surface area contributed by atoms with Crippen molar-refractivity contribution in [3.8, 4) is 0 Å². The van der Waals surface area contributed by atoms with Crippen LogP contribution >= 0.6 is 0 Å². The van der Waals surface area contributed by atoms with E-state index in [2.05, 4.69) is 0 Å². The third-order valence-electron chi connectivity index (χ3n) is 2.40. The molecular formula is C12H15F3N2O. The van der Waals surface area contributed by atoms with Crippen LogP contribution in [0, 0.1) is 12.7 Å². The summed E-state index contributed by atoms with van der Waals surface area (Å²) in [6.45, 7) is 0.961. The summed E-state index contributed by atoms with van der Waals surface area (Å²) < 4.78 is 38.2. The molecule has 0 saturated heterocycles. The summed E-state index contributed by atoms with van der Waals surface area (Å²) in [4.78, 5) is 12.8. The third kappa shape index (κ3) is 3.73. The minimum atomic E-state index is -2.67. The van der Waals surface area contributed by atoms with E-state index in [4.69, 9.17) is 5.73 Å². The van der Waals surface area contributed by atoms with Gasteiger partial charge in [-0.05, 0) is 19.1 Å². The van der Waals surface area contributed by atoms with Crippen LogP contribution in [-0.4, -0.2) is 36.9 Å². The summed E-state index contributed by atoms with van der Waals surface area (Å²) in [5.41, 5.74) is 5.74. The highest BCUT2D eigenvalue weighted by Gasteiger charge is 2.21. The number of carbonyl (C=O) groups excluding carboxylic acids is 1. The lowest BCUT2D eigenvalue weighted by atomic mass is 10.1. The number of nitrogens with zero attached hydrogens (tertiary/aromatic N) is 1. The van der Waals surface area contributed by atoms with Gasteiger partial charge in [-0.2, -0.15) is 0 Å². The number of alkyl halides is 2. The van der Waals surface area contributed by atoms with Crippen molar-refractivity contribution in [2.24, 2.45) is 5.73 Å². The summed E-state index contributed by atoms with van der Waals surface area (Å²) in [7, 11) is 0. The largest absolute Gasteiger partial charge is 0.332 e. The Bertz CT molecular complexity index is 424. The van der Waals surface area contributed by atoms with Crippen molar-refractivity contribution in [1.29, 1.82) is 0 Å². The van der Waals surface area contributed by atoms with Crippen molar-refractivity contribution >= 4 is 5.91 Å². The fourth-order valence-corrected chi connectivity index (χ4v) is 1.57. The van der Waals surface area contributed by atoms with E-state index in [1.54, 1.807) is 6.92 Å². The zero-order valence-electron chi connectivity index (χ0n) is 10.00. The Labute approximate surface area is 103 Å². The molecule has 0 heterocycles. The van der Waals surface area contributed by atoms with Crippen molar-refractivity contribution in [2.75, 3.05) is 19.6 Å². The summed E-state index contributed by atoms with van der Waals surface area (Å²) in [6, 6.07) is 3.99. The van der Waals surface area contributed by atoms with Gasteiger partial charge < -0.3 is 10.6 Å². The molecule has 0 aliphatic rings. The molecule has 0 bridgehead atoms. The highest BCUT2D eigenvalue weighted by Crippen LogP contribution is 2.13. The number of benzene rings is 1. The lowest BCUT2D eigenvalue weighted by molar-refractivity contribution is 0.0559. The van der Waals surface area contributed by atoms with E-state index in [1.165, 1.54) is 12.1 Å². The Kier molecular flexibility index (Phi) is 5.15. The lowest BCUT2D eigenvalue weighted by Gasteiger charge is -2.22. The number of halogens is 3. The molecule has 0 aliphatic heterocycles. The van der Waals surface area contributed by atoms with Gasteiger partial charge in [0.2, 0.25) is 0 Å². The molecule has 0 spiro atoms. The van der Waals surface area contributed by atoms with Crippen molar-refractivity contribution in [3.63, 3.8) is 0 Å². The molecule has 1 aromatic rings. The molecule has 18 heavy (non-hydrogen) atoms. The summed E-state index contributed by atoms with van der Waals surface area (Å²) in [6.07, 6.45) is -2.67. The van der Waals surface area contributed by atoms with Gasteiger partial charge in [0.1, 0.15) is 5.82 Å². The maximum atomic E-state index is 13.5. The Hall–Kier alpha value is -1.56. The number of carbonyl (C=O) groups is 1. The van der Waals surface area contributed by atoms with Crippen molar-refractivity contribution in [2.45, 2.75) is 13.3 Å². The highest BCUT2D eigenvalue weighted by atomic mass is 19.3. The number of hydrogen-bond acceptors (Lipinski definition) is 2. The maximum absolute atomic E-state index is 13.5. The molecule has 0 radical (unpaired) electrons. The van der Waals surface area contributed by atoms with Gasteiger partial charge in [0.15, 0.2) is 0 Å². The van der Waals surface area contributed by atoms with Crippen LogP contribution in [0.5, 0.6) is 0 Å². The molecule has 3 nitrogen and oxygen atoms in total. The first-order chi connectivity index (χ1) is 8.45. The van der Waals surface area contributed by atoms with E-state index in [0.29, 0.717) is 5.56 Å². The quantitative estimate of drug-likeness (QED) is 0.877. The van der Waals surface area contributed by atoms with E-state index in [1.807, 2.05) is 0 Å². The molecule has 0 fully saturated rings. The van der Waals surface area contributed by atoms with Crippen LogP contribution in [0.4, 0.5) is 13.2 Å². The van der Waals surface area contributed by atoms with Gasteiger partial charge in [-0.1, -0.05) is 11.6 Å². The number of nitrogens with two attached hydrogens (primary N) is 1. The van der Waals surface area contributed by atoms with E-state index in [-0.39, 0.29) is 18.7 Å². The minimum Gasteiger partial charge on any atom is -0.332 e. The molecule has 2 N–H and O–H groups in total. The summed E-state index contributed by atoms with van der Waals surface area (Å²) in [5.74, 6) is -1.48. The molecule has 1 rings (SSSR count). The number of amides is 1. The topological polar surface area (TPSA) is 46.3 Å². The zero-order chi connectivity index (χ0) is 13.7. The van der Waals surface area contributed by atoms with Gasteiger partial charge in [0, 0.05) is 13.1 Å². The van der Waals surface area contributed by atoms with E-state index in [0.717, 1.165) is 11.0 Å². The molecule has 6 heteroatoms. The zero-order valence-corrected chi connectivity index (χ0v) is 10.00. The average Bonchev–Trinajstić information content (AvgIpc) is 2.30. The van der Waals surface area contributed by atoms with Crippen molar-refractivity contribution in [1.82, 2.24) is 4.90 Å². The van der Waals surface area contributed by atoms with Crippen LogP contribution < -0.4 is 5.73 Å². The van der Waals surface area contributed by atoms with E-state index >= 15 is 0 Å². The van der Waals surface area contributed by atoms with Gasteiger partial charge in [-0.25, -0.2) is 13.2 Å². The second-order valence-electron chi connectivity index (χ2n) is 3.91. The Morgan fingerprint density at radius 1 is 1.44 bits per heavy atom. The van der Waals surface area contributed by atoms with Crippen LogP contribution in [-0.2, 0) is 0 Å². The van der Waals surface area contributed by atoms with Crippen LogP contribution in [0.2, 0.25) is 0 Å². The van der Waals surface area contributed by atoms with E-state index in [9.17, 15) is 18.0 Å². The van der Waals surface area contributed by atoms with Crippen LogP contribution in [0.15, 0.2) is 18.2 Å². The van der Waals surface area contributed by atoms with Gasteiger partial charge in [0.25, 0.3) is 12.3 Å². The average molecular weight is 260 g/mol. The predicted octanol–water partition coefficient (Wildman–Crippen LogP) is 1.80. The first-order valence-electron chi connectivity index (χ1n) is 5.49. The molecule has 0 aromatic heterocycles. The molecule has 1 aromatic carbocycles. The number of rotatable bonds is 5. The second-order valence-corrected chi connectivity index (χ2v) is 3.91. The van der Waals surface area contributed by atoms with Gasteiger partial charge in [-0.3, -0.25) is 4.79 Å². The standard InChI is InChI=1S/C12H15F3N2O/c1-8-2-3-10(13)9(6-8)12(18)17(5-4-16)7-11(14)15/h2-3,6,11H,4-5,7,16H2,1H3. The Morgan fingerprint density at radius 3 is 2.67 bits per heavy atom. The molecule has 0 saturated carbocycles. The van der Waals surface area contributed by atoms with Gasteiger partial charge in [0.05, 0.1) is 12.1 Å². The van der Waals surface area contributed by atoms with Crippen LogP contribution in [0.1, 0.15) is 15.9 Å². The Morgan fingerprint density at radius 2 is 2.11 bits per heavy atom. The summed E-state index contributed by atoms with van der Waals surface area (Å²) >= 11 is 0. The fraction of sp³-hybridized carbons (Fsp3) is 0.417. The fourth-order valence-electron chi connectivity index (χ4n) is 1.57. The SMILES string of the molecule is Cc1ccc(F)c(C(=O)N(CCN)CC(F)F)c1. The predicted molar refractivity (Wildman–Crippen MR) is 62.1 cm³/mol. The monoisotopic (exact) mass is 260 g/mol. The number of aryl methyl sites for hydroxylation is 1. The second kappa shape index (κ2) is 6.39. The van der Waals surface area contributed by atoms with Gasteiger partial charge >= 0.3 is 0 Å². The van der Waals surface area contributed by atoms with Crippen molar-refractivity contribution in [3.05, 3.63) is 35.1 Å². The van der Waals surface area contributed by atoms with E-state index < -0.39 is 24.7 Å². The summed E-state index contributed by atoms with van der Waals surface area (Å²) in [5, 5.41) is 0. The maximum Gasteiger partial charge on any atom is 0.257 e. The normalized spacial score (nSPS) is 10.8. The molecule has 100 valence electrons. The molecular weight excluding hydrogens is 245 g/mol. The minimum absolute atomic E-state index is 0.0312. The van der Waals surface area contributed by atoms with Crippen LogP contribution in [0.3, 0.4) is 0 Å². The van der Waals surface area contributed by atoms with Gasteiger partial charge in [-0.15, -0.1) is 0 Å². The third-order valence-corrected chi connectivity index (χ3v) is 2.40. The first kappa shape index (κ1) is 14.5. The first-order valence-corrected chi connectivity index (χ1v) is 5.49. The molecule has 1 amide bonds. The molecule has 0 aliphatic carbocycles.